The van der Waals surface area contributed by atoms with Crippen molar-refractivity contribution >= 4 is 0 Å². The summed E-state index contributed by atoms with van der Waals surface area (Å²) in [6, 6.07) is 7.82. The maximum Gasteiger partial charge on any atom is 0.196 e. The molecule has 0 atom stereocenters. The molecule has 6 rings (SSSR count). The second-order valence-electron chi connectivity index (χ2n) is 13.1. The van der Waals surface area contributed by atoms with E-state index < -0.39 is 0 Å². The van der Waals surface area contributed by atoms with Crippen LogP contribution in [-0.2, 0) is 0 Å². The molecule has 6 aromatic heterocycles. The zero-order valence-corrected chi connectivity index (χ0v) is 44.5. The van der Waals surface area contributed by atoms with Crippen LogP contribution in [0.25, 0.3) is 0 Å². The number of hydrogen-bond acceptors (Lipinski definition) is 11. The van der Waals surface area contributed by atoms with E-state index in [-0.39, 0.29) is 0 Å². The van der Waals surface area contributed by atoms with E-state index in [0.29, 0.717) is 35.5 Å². The zero-order valence-electron chi connectivity index (χ0n) is 44.5. The van der Waals surface area contributed by atoms with Gasteiger partial charge in [0.05, 0.1) is 18.1 Å². The third kappa shape index (κ3) is 42.0. The standard InChI is InChI=1S/C8H11N.2C7H10N2.3C6H9NO.6C2H6/c1-7(2)8-4-3-5-9-6-8;1-6(2)7-3-4-8-5-9-7;1-6(2)7-8-4-3-5-9-7;1-5(2)6-3-8-4-7-6;1-5(2)6-3-7-4-8-6;1-5(2)6-7-3-4-8-6;6*1-2/h3-7H,1-2H3;2*3-6H,1-2H3;3*3-5H,1-2H3;6*1-2H3. The van der Waals surface area contributed by atoms with Crippen LogP contribution in [0.2, 0.25) is 0 Å². The maximum atomic E-state index is 4.98. The molecule has 0 unspecified atom stereocenters. The normalized spacial score (nSPS) is 8.86. The van der Waals surface area contributed by atoms with Crippen LogP contribution in [0.4, 0.5) is 0 Å². The van der Waals surface area contributed by atoms with Gasteiger partial charge < -0.3 is 13.3 Å². The van der Waals surface area contributed by atoms with Crippen molar-refractivity contribution in [3.05, 3.63) is 134 Å². The van der Waals surface area contributed by atoms with Crippen molar-refractivity contribution in [2.75, 3.05) is 0 Å². The predicted octanol–water partition coefficient (Wildman–Crippen LogP) is 17.0. The van der Waals surface area contributed by atoms with Crippen LogP contribution in [0.5, 0.6) is 0 Å². The highest BCUT2D eigenvalue weighted by Crippen LogP contribution is 2.12. The number of aromatic nitrogens is 8. The highest BCUT2D eigenvalue weighted by atomic mass is 16.3. The van der Waals surface area contributed by atoms with E-state index in [2.05, 4.69) is 115 Å². The highest BCUT2D eigenvalue weighted by molar-refractivity contribution is 5.12. The fraction of sp³-hybridized carbons (Fsp3) is 0.577. The summed E-state index contributed by atoms with van der Waals surface area (Å²) in [6.45, 7) is 49.1. The Morgan fingerprint density at radius 1 is 0.413 bits per heavy atom. The fourth-order valence-corrected chi connectivity index (χ4v) is 3.51. The minimum atomic E-state index is 0.407. The molecule has 0 saturated carbocycles. The number of pyridine rings is 1. The lowest BCUT2D eigenvalue weighted by Crippen LogP contribution is -1.93. The summed E-state index contributed by atoms with van der Waals surface area (Å²) in [5, 5.41) is 0. The summed E-state index contributed by atoms with van der Waals surface area (Å²) in [5.74, 6) is 5.56. The molecule has 0 aliphatic heterocycles. The van der Waals surface area contributed by atoms with Gasteiger partial charge in [-0.05, 0) is 41.5 Å². The van der Waals surface area contributed by atoms with Crippen LogP contribution in [0.15, 0.2) is 113 Å². The average Bonchev–Trinajstić information content (AvgIpc) is 4.19. The summed E-state index contributed by atoms with van der Waals surface area (Å²) in [6.07, 6.45) is 20.2. The molecule has 0 aromatic carbocycles. The van der Waals surface area contributed by atoms with E-state index in [1.54, 1.807) is 56.0 Å². The molecule has 0 radical (unpaired) electrons. The monoisotopic (exact) mass is 879 g/mol. The van der Waals surface area contributed by atoms with Gasteiger partial charge in [-0.2, -0.15) is 0 Å². The van der Waals surface area contributed by atoms with Gasteiger partial charge in [-0.1, -0.05) is 172 Å². The summed E-state index contributed by atoms with van der Waals surface area (Å²) < 4.78 is 14.7. The minimum Gasteiger partial charge on any atom is -0.451 e. The molecule has 0 amide bonds. The summed E-state index contributed by atoms with van der Waals surface area (Å²) in [7, 11) is 0. The van der Waals surface area contributed by atoms with E-state index in [4.69, 9.17) is 13.3 Å². The van der Waals surface area contributed by atoms with Crippen molar-refractivity contribution in [3.8, 4) is 0 Å². The maximum absolute atomic E-state index is 4.98. The molecule has 11 heteroatoms. The first-order valence-corrected chi connectivity index (χ1v) is 23.4. The van der Waals surface area contributed by atoms with Crippen molar-refractivity contribution in [2.24, 2.45) is 0 Å². The SMILES string of the molecule is CC.CC.CC.CC.CC.CC.CC(C)c1cccnc1.CC(C)c1ccncn1.CC(C)c1cnco1.CC(C)c1cocn1.CC(C)c1ncccn1.CC(C)c1ncco1. The van der Waals surface area contributed by atoms with E-state index in [1.807, 2.05) is 121 Å². The Bertz CT molecular complexity index is 1380. The van der Waals surface area contributed by atoms with Crippen LogP contribution in [0.3, 0.4) is 0 Å². The molecular formula is C52H94N8O3. The van der Waals surface area contributed by atoms with Gasteiger partial charge in [-0.15, -0.1) is 0 Å². The van der Waals surface area contributed by atoms with E-state index >= 15 is 0 Å². The van der Waals surface area contributed by atoms with Crippen LogP contribution in [-0.4, -0.2) is 39.9 Å². The number of nitrogens with zero attached hydrogens (tertiary/aromatic N) is 8. The molecule has 0 bridgehead atoms. The topological polar surface area (TPSA) is 143 Å². The largest absolute Gasteiger partial charge is 0.451 e. The van der Waals surface area contributed by atoms with E-state index in [1.165, 1.54) is 18.4 Å². The molecule has 0 spiro atoms. The Hall–Kier alpha value is -5.06. The Kier molecular flexibility index (Phi) is 58.7. The van der Waals surface area contributed by atoms with E-state index in [9.17, 15) is 0 Å². The Balaban J connectivity index is -0.000000147. The first-order chi connectivity index (χ1) is 30.3. The molecule has 360 valence electrons. The molecule has 6 aromatic rings. The van der Waals surface area contributed by atoms with Crippen LogP contribution in [0, 0.1) is 0 Å². The van der Waals surface area contributed by atoms with Crippen molar-refractivity contribution in [1.29, 1.82) is 0 Å². The lowest BCUT2D eigenvalue weighted by Gasteiger charge is -2.00. The third-order valence-electron chi connectivity index (χ3n) is 6.66. The van der Waals surface area contributed by atoms with Gasteiger partial charge in [0.1, 0.15) is 30.4 Å². The number of hydrogen-bond donors (Lipinski definition) is 0. The first kappa shape index (κ1) is 69.6. The third-order valence-corrected chi connectivity index (χ3v) is 6.66. The molecule has 0 fully saturated rings. The molecule has 0 saturated heterocycles. The molecule has 0 aliphatic carbocycles. The summed E-state index contributed by atoms with van der Waals surface area (Å²) >= 11 is 0. The molecule has 63 heavy (non-hydrogen) atoms. The second-order valence-corrected chi connectivity index (χ2v) is 13.1. The first-order valence-electron chi connectivity index (χ1n) is 23.4. The van der Waals surface area contributed by atoms with Crippen molar-refractivity contribution in [1.82, 2.24) is 39.9 Å². The van der Waals surface area contributed by atoms with Gasteiger partial charge in [-0.3, -0.25) is 4.98 Å². The van der Waals surface area contributed by atoms with Crippen molar-refractivity contribution < 1.29 is 13.3 Å². The average molecular weight is 879 g/mol. The van der Waals surface area contributed by atoms with Crippen LogP contribution < -0.4 is 0 Å². The van der Waals surface area contributed by atoms with Crippen molar-refractivity contribution in [3.63, 3.8) is 0 Å². The van der Waals surface area contributed by atoms with Gasteiger partial charge >= 0.3 is 0 Å². The van der Waals surface area contributed by atoms with Gasteiger partial charge in [0.25, 0.3) is 0 Å². The molecule has 0 aliphatic rings. The molecule has 6 heterocycles. The molecular weight excluding hydrogens is 785 g/mol. The van der Waals surface area contributed by atoms with Crippen LogP contribution >= 0.6 is 0 Å². The summed E-state index contributed by atoms with van der Waals surface area (Å²) in [4.78, 5) is 31.7. The van der Waals surface area contributed by atoms with Gasteiger partial charge in [0.2, 0.25) is 0 Å². The highest BCUT2D eigenvalue weighted by Gasteiger charge is 2.01. The fourth-order valence-electron chi connectivity index (χ4n) is 3.51. The van der Waals surface area contributed by atoms with Gasteiger partial charge in [-0.25, -0.2) is 34.9 Å². The minimum absolute atomic E-state index is 0.407. The lowest BCUT2D eigenvalue weighted by molar-refractivity contribution is 0.471. The predicted molar refractivity (Wildman–Crippen MR) is 270 cm³/mol. The second kappa shape index (κ2) is 53.1. The Labute approximate surface area is 387 Å². The van der Waals surface area contributed by atoms with Crippen LogP contribution in [0.1, 0.15) is 236 Å². The Morgan fingerprint density at radius 2 is 0.984 bits per heavy atom. The Morgan fingerprint density at radius 3 is 1.22 bits per heavy atom. The van der Waals surface area contributed by atoms with Crippen molar-refractivity contribution in [2.45, 2.75) is 202 Å². The number of oxazole rings is 3. The zero-order chi connectivity index (χ0) is 50.0. The summed E-state index contributed by atoms with van der Waals surface area (Å²) in [5.41, 5.74) is 3.42. The smallest absolute Gasteiger partial charge is 0.196 e. The molecule has 11 nitrogen and oxygen atoms in total. The van der Waals surface area contributed by atoms with Gasteiger partial charge in [0.15, 0.2) is 18.7 Å². The molecule has 0 N–H and O–H groups in total. The number of rotatable bonds is 6. The van der Waals surface area contributed by atoms with Gasteiger partial charge in [0, 0.05) is 54.4 Å². The van der Waals surface area contributed by atoms with E-state index in [0.717, 1.165) is 28.9 Å². The quantitative estimate of drug-likeness (QED) is 0.158. The lowest BCUT2D eigenvalue weighted by atomic mass is 10.1.